The number of nitrogens with zero attached hydrogens (tertiary/aromatic N) is 1. The number of hydrogen-bond donors (Lipinski definition) is 0. The Morgan fingerprint density at radius 2 is 1.85 bits per heavy atom. The van der Waals surface area contributed by atoms with E-state index in [0.717, 1.165) is 26.5 Å². The highest BCUT2D eigenvalue weighted by atomic mass is 127. The monoisotopic (exact) mass is 609 g/mol. The maximum Gasteiger partial charge on any atom is 0.293 e. The van der Waals surface area contributed by atoms with Gasteiger partial charge in [0.2, 0.25) is 0 Å². The quantitative estimate of drug-likeness (QED) is 0.215. The molecule has 9 heteroatoms. The minimum absolute atomic E-state index is 0.152. The number of imide groups is 1. The molecule has 0 atom stereocenters. The number of hydrogen-bond acceptors (Lipinski definition) is 5. The highest BCUT2D eigenvalue weighted by Crippen LogP contribution is 2.38. The van der Waals surface area contributed by atoms with Gasteiger partial charge in [0.05, 0.1) is 22.1 Å². The van der Waals surface area contributed by atoms with Gasteiger partial charge in [0.1, 0.15) is 12.4 Å². The largest absolute Gasteiger partial charge is 0.493 e. The van der Waals surface area contributed by atoms with Crippen LogP contribution in [-0.2, 0) is 17.9 Å². The van der Waals surface area contributed by atoms with Crippen molar-refractivity contribution in [3.05, 3.63) is 96.7 Å². The fourth-order valence-corrected chi connectivity index (χ4v) is 5.14. The van der Waals surface area contributed by atoms with Crippen molar-refractivity contribution in [2.24, 2.45) is 0 Å². The average molecular weight is 610 g/mol. The van der Waals surface area contributed by atoms with Crippen LogP contribution in [0.2, 0.25) is 5.02 Å². The lowest BCUT2D eigenvalue weighted by Crippen LogP contribution is -2.27. The van der Waals surface area contributed by atoms with Crippen LogP contribution in [-0.4, -0.2) is 23.2 Å². The summed E-state index contributed by atoms with van der Waals surface area (Å²) in [6.45, 7) is 0.397. The zero-order chi connectivity index (χ0) is 24.2. The maximum absolute atomic E-state index is 13.1. The van der Waals surface area contributed by atoms with Crippen molar-refractivity contribution in [3.8, 4) is 11.5 Å². The summed E-state index contributed by atoms with van der Waals surface area (Å²) < 4.78 is 25.3. The summed E-state index contributed by atoms with van der Waals surface area (Å²) in [4.78, 5) is 26.9. The van der Waals surface area contributed by atoms with Crippen LogP contribution >= 0.6 is 46.0 Å². The van der Waals surface area contributed by atoms with Crippen LogP contribution in [0.5, 0.6) is 11.5 Å². The molecule has 4 rings (SSSR count). The van der Waals surface area contributed by atoms with Gasteiger partial charge in [-0.15, -0.1) is 0 Å². The topological polar surface area (TPSA) is 55.8 Å². The van der Waals surface area contributed by atoms with Gasteiger partial charge in [-0.2, -0.15) is 0 Å². The molecule has 2 amide bonds. The smallest absolute Gasteiger partial charge is 0.293 e. The first-order chi connectivity index (χ1) is 16.3. The van der Waals surface area contributed by atoms with E-state index in [0.29, 0.717) is 27.0 Å². The molecule has 0 saturated carbocycles. The lowest BCUT2D eigenvalue weighted by molar-refractivity contribution is -0.123. The molecule has 0 spiro atoms. The first-order valence-corrected chi connectivity index (χ1v) is 12.4. The van der Waals surface area contributed by atoms with Gasteiger partial charge in [0, 0.05) is 5.02 Å². The Hall–Kier alpha value is -2.56. The van der Waals surface area contributed by atoms with Crippen LogP contribution in [0.4, 0.5) is 9.18 Å². The molecule has 1 saturated heterocycles. The molecular formula is C25H18ClFINO4S. The number of ether oxygens (including phenoxy) is 2. The van der Waals surface area contributed by atoms with Gasteiger partial charge in [-0.3, -0.25) is 14.5 Å². The Labute approximate surface area is 219 Å². The van der Waals surface area contributed by atoms with Gasteiger partial charge in [0.15, 0.2) is 11.5 Å². The number of thioether (sulfide) groups is 1. The predicted molar refractivity (Wildman–Crippen MR) is 139 cm³/mol. The minimum atomic E-state index is -0.361. The number of benzene rings is 3. The Morgan fingerprint density at radius 3 is 2.56 bits per heavy atom. The lowest BCUT2D eigenvalue weighted by Gasteiger charge is -2.14. The summed E-state index contributed by atoms with van der Waals surface area (Å²) in [7, 11) is 1.53. The number of rotatable bonds is 7. The van der Waals surface area contributed by atoms with E-state index in [1.807, 2.05) is 12.1 Å². The van der Waals surface area contributed by atoms with E-state index in [1.54, 1.807) is 42.5 Å². The van der Waals surface area contributed by atoms with Gasteiger partial charge in [-0.1, -0.05) is 35.9 Å². The van der Waals surface area contributed by atoms with E-state index in [4.69, 9.17) is 21.1 Å². The molecule has 0 radical (unpaired) electrons. The summed E-state index contributed by atoms with van der Waals surface area (Å²) in [5.41, 5.74) is 2.29. The van der Waals surface area contributed by atoms with Crippen molar-refractivity contribution >= 4 is 63.2 Å². The zero-order valence-electron chi connectivity index (χ0n) is 17.9. The van der Waals surface area contributed by atoms with E-state index in [9.17, 15) is 14.0 Å². The third kappa shape index (κ3) is 5.73. The second-order valence-corrected chi connectivity index (χ2v) is 9.94. The number of halogens is 3. The summed E-state index contributed by atoms with van der Waals surface area (Å²) in [5, 5.41) is 0.209. The summed E-state index contributed by atoms with van der Waals surface area (Å²) in [6, 6.07) is 16.7. The molecule has 3 aromatic rings. The molecule has 0 unspecified atom stereocenters. The van der Waals surface area contributed by atoms with Crippen molar-refractivity contribution in [3.63, 3.8) is 0 Å². The Kier molecular flexibility index (Phi) is 7.80. The van der Waals surface area contributed by atoms with Crippen LogP contribution in [0.15, 0.2) is 65.6 Å². The number of amides is 2. The molecule has 0 N–H and O–H groups in total. The Balaban J connectivity index is 1.53. The van der Waals surface area contributed by atoms with Crippen LogP contribution in [0.25, 0.3) is 6.08 Å². The lowest BCUT2D eigenvalue weighted by atomic mass is 10.1. The molecule has 3 aromatic carbocycles. The minimum Gasteiger partial charge on any atom is -0.493 e. The molecule has 5 nitrogen and oxygen atoms in total. The fourth-order valence-electron chi connectivity index (χ4n) is 3.30. The molecular weight excluding hydrogens is 592 g/mol. The van der Waals surface area contributed by atoms with Crippen LogP contribution in [0.1, 0.15) is 16.7 Å². The van der Waals surface area contributed by atoms with E-state index in [-0.39, 0.29) is 30.1 Å². The van der Waals surface area contributed by atoms with Crippen molar-refractivity contribution in [1.82, 2.24) is 4.90 Å². The van der Waals surface area contributed by atoms with Crippen LogP contribution in [0, 0.1) is 9.39 Å². The highest BCUT2D eigenvalue weighted by molar-refractivity contribution is 14.1. The van der Waals surface area contributed by atoms with Crippen LogP contribution in [0.3, 0.4) is 0 Å². The summed E-state index contributed by atoms with van der Waals surface area (Å²) in [5.74, 6) is 0.356. The van der Waals surface area contributed by atoms with Crippen molar-refractivity contribution in [2.45, 2.75) is 13.2 Å². The van der Waals surface area contributed by atoms with Gasteiger partial charge in [-0.05, 0) is 93.5 Å². The third-order valence-electron chi connectivity index (χ3n) is 4.95. The number of carbonyl (C=O) groups excluding carboxylic acids is 2. The third-order valence-corrected chi connectivity index (χ3v) is 6.89. The van der Waals surface area contributed by atoms with Gasteiger partial charge in [-0.25, -0.2) is 4.39 Å². The SMILES string of the molecule is COc1cc(/C=C2\SC(=O)N(Cc3cccc(Cl)c3)C2=O)cc(I)c1OCc1ccc(F)cc1. The molecule has 34 heavy (non-hydrogen) atoms. The van der Waals surface area contributed by atoms with Gasteiger partial charge >= 0.3 is 0 Å². The van der Waals surface area contributed by atoms with E-state index >= 15 is 0 Å². The molecule has 0 aromatic heterocycles. The molecule has 1 fully saturated rings. The van der Waals surface area contributed by atoms with Gasteiger partial charge < -0.3 is 9.47 Å². The normalized spacial score (nSPS) is 14.7. The Bertz CT molecular complexity index is 1280. The molecule has 1 heterocycles. The maximum atomic E-state index is 13.1. The first-order valence-electron chi connectivity index (χ1n) is 10.1. The number of carbonyl (C=O) groups is 2. The van der Waals surface area contributed by atoms with E-state index < -0.39 is 0 Å². The molecule has 174 valence electrons. The first kappa shape index (κ1) is 24.6. The molecule has 0 bridgehead atoms. The molecule has 0 aliphatic carbocycles. The second kappa shape index (κ2) is 10.8. The Morgan fingerprint density at radius 1 is 1.09 bits per heavy atom. The van der Waals surface area contributed by atoms with Crippen LogP contribution < -0.4 is 9.47 Å². The van der Waals surface area contributed by atoms with Crippen molar-refractivity contribution in [2.75, 3.05) is 7.11 Å². The standard InChI is InChI=1S/C25H18ClFINO4S/c1-32-21-11-17(10-20(28)23(21)33-14-15-5-7-19(27)8-6-15)12-22-24(30)29(25(31)34-22)13-16-3-2-4-18(26)9-16/h2-12H,13-14H2,1H3/b22-12-. The average Bonchev–Trinajstić information content (AvgIpc) is 3.06. The van der Waals surface area contributed by atoms with E-state index in [1.165, 1.54) is 24.1 Å². The number of methoxy groups -OCH3 is 1. The van der Waals surface area contributed by atoms with Crippen molar-refractivity contribution < 1.29 is 23.5 Å². The zero-order valence-corrected chi connectivity index (χ0v) is 21.6. The molecule has 1 aliphatic rings. The second-order valence-electron chi connectivity index (χ2n) is 7.35. The fraction of sp³-hybridized carbons (Fsp3) is 0.120. The van der Waals surface area contributed by atoms with E-state index in [2.05, 4.69) is 22.6 Å². The predicted octanol–water partition coefficient (Wildman–Crippen LogP) is 6.91. The van der Waals surface area contributed by atoms with Gasteiger partial charge in [0.25, 0.3) is 11.1 Å². The summed E-state index contributed by atoms with van der Waals surface area (Å²) in [6.07, 6.45) is 1.66. The van der Waals surface area contributed by atoms with Crippen molar-refractivity contribution in [1.29, 1.82) is 0 Å². The highest BCUT2D eigenvalue weighted by Gasteiger charge is 2.35. The summed E-state index contributed by atoms with van der Waals surface area (Å²) >= 11 is 9.03. The molecule has 1 aliphatic heterocycles.